The highest BCUT2D eigenvalue weighted by atomic mass is 31.2. The van der Waals surface area contributed by atoms with Crippen LogP contribution >= 0.6 is 15.6 Å². The second-order valence-electron chi connectivity index (χ2n) is 28.6. The highest BCUT2D eigenvalue weighted by Crippen LogP contribution is 2.45. The van der Waals surface area contributed by atoms with Gasteiger partial charge in [-0.15, -0.1) is 0 Å². The topological polar surface area (TPSA) is 237 Å². The number of phosphoric acid groups is 2. The Morgan fingerprint density at radius 1 is 0.305 bits per heavy atom. The van der Waals surface area contributed by atoms with E-state index in [4.69, 9.17) is 37.0 Å². The number of aliphatic hydroxyl groups excluding tert-OH is 1. The first kappa shape index (κ1) is 93.1. The summed E-state index contributed by atoms with van der Waals surface area (Å²) in [6, 6.07) is 0. The SMILES string of the molecule is CCCCCCCCCCCCCCCC(=O)O[C@H](COC(=O)CCCCCCCCCC(C)C)COP(=O)(O)OC[C@H](O)COP(=O)(O)OC[C@@H](COC(=O)CCCCCCCCCCCCCC(C)C)OC(=O)CCCCCCCCCCCCCCCCC(C)CC. The van der Waals surface area contributed by atoms with Crippen LogP contribution < -0.4 is 0 Å². The Morgan fingerprint density at radius 3 is 0.800 bits per heavy atom. The van der Waals surface area contributed by atoms with Gasteiger partial charge >= 0.3 is 39.5 Å². The molecule has 0 amide bonds. The number of phosphoric ester groups is 2. The Kier molecular flexibility index (Phi) is 65.2. The van der Waals surface area contributed by atoms with Gasteiger partial charge in [-0.05, 0) is 43.4 Å². The van der Waals surface area contributed by atoms with E-state index in [0.29, 0.717) is 31.6 Å². The molecule has 0 bridgehead atoms. The van der Waals surface area contributed by atoms with Crippen molar-refractivity contribution < 1.29 is 80.2 Å². The number of aliphatic hydroxyl groups is 1. The minimum atomic E-state index is -4.96. The van der Waals surface area contributed by atoms with Gasteiger partial charge in [0.15, 0.2) is 12.2 Å². The van der Waals surface area contributed by atoms with Crippen LogP contribution in [0, 0.1) is 17.8 Å². The molecule has 0 aliphatic heterocycles. The number of unbranched alkanes of at least 4 members (excludes halogenated alkanes) is 41. The van der Waals surface area contributed by atoms with Crippen LogP contribution in [-0.4, -0.2) is 96.7 Å². The van der Waals surface area contributed by atoms with Crippen LogP contribution in [0.2, 0.25) is 0 Å². The molecular weight excluding hydrogens is 1250 g/mol. The molecule has 3 unspecified atom stereocenters. The van der Waals surface area contributed by atoms with Gasteiger partial charge in [0.1, 0.15) is 19.3 Å². The summed E-state index contributed by atoms with van der Waals surface area (Å²) >= 11 is 0. The molecule has 3 N–H and O–H groups in total. The van der Waals surface area contributed by atoms with E-state index in [2.05, 4.69) is 48.5 Å². The summed E-state index contributed by atoms with van der Waals surface area (Å²) in [5.74, 6) is 0.205. The monoisotopic (exact) mass is 1400 g/mol. The molecule has 0 saturated heterocycles. The maximum Gasteiger partial charge on any atom is 0.472 e. The minimum Gasteiger partial charge on any atom is -0.462 e. The van der Waals surface area contributed by atoms with E-state index in [-0.39, 0.29) is 25.7 Å². The molecule has 19 heteroatoms. The predicted octanol–water partition coefficient (Wildman–Crippen LogP) is 22.2. The van der Waals surface area contributed by atoms with E-state index in [1.165, 1.54) is 193 Å². The highest BCUT2D eigenvalue weighted by molar-refractivity contribution is 7.47. The number of hydrogen-bond acceptors (Lipinski definition) is 15. The predicted molar refractivity (Wildman–Crippen MR) is 386 cm³/mol. The lowest BCUT2D eigenvalue weighted by Crippen LogP contribution is -2.30. The molecule has 95 heavy (non-hydrogen) atoms. The summed E-state index contributed by atoms with van der Waals surface area (Å²) in [5.41, 5.74) is 0. The fourth-order valence-electron chi connectivity index (χ4n) is 11.6. The first-order chi connectivity index (χ1) is 45.8. The number of carbonyl (C=O) groups is 4. The van der Waals surface area contributed by atoms with Crippen molar-refractivity contribution in [2.75, 3.05) is 39.6 Å². The van der Waals surface area contributed by atoms with Crippen LogP contribution in [0.25, 0.3) is 0 Å². The molecular formula is C76H148O17P2. The van der Waals surface area contributed by atoms with E-state index < -0.39 is 97.5 Å². The van der Waals surface area contributed by atoms with Gasteiger partial charge in [0.25, 0.3) is 0 Å². The van der Waals surface area contributed by atoms with Crippen LogP contribution in [0.15, 0.2) is 0 Å². The van der Waals surface area contributed by atoms with Gasteiger partial charge < -0.3 is 33.8 Å². The molecule has 564 valence electrons. The fourth-order valence-corrected chi connectivity index (χ4v) is 13.1. The maximum atomic E-state index is 13.1. The van der Waals surface area contributed by atoms with Gasteiger partial charge in [0.2, 0.25) is 0 Å². The van der Waals surface area contributed by atoms with E-state index >= 15 is 0 Å². The Bertz CT molecular complexity index is 1850. The largest absolute Gasteiger partial charge is 0.472 e. The molecule has 0 spiro atoms. The van der Waals surface area contributed by atoms with Gasteiger partial charge in [0.05, 0.1) is 26.4 Å². The lowest BCUT2D eigenvalue weighted by molar-refractivity contribution is -0.161. The van der Waals surface area contributed by atoms with Crippen molar-refractivity contribution in [3.8, 4) is 0 Å². The summed E-state index contributed by atoms with van der Waals surface area (Å²) in [6.45, 7) is 11.9. The minimum absolute atomic E-state index is 0.107. The van der Waals surface area contributed by atoms with Crippen molar-refractivity contribution in [3.63, 3.8) is 0 Å². The third kappa shape index (κ3) is 69.0. The smallest absolute Gasteiger partial charge is 0.462 e. The summed E-state index contributed by atoms with van der Waals surface area (Å²) in [6.07, 6.45) is 52.6. The molecule has 0 aromatic heterocycles. The molecule has 6 atom stereocenters. The Hall–Kier alpha value is -1.94. The summed E-state index contributed by atoms with van der Waals surface area (Å²) < 4.78 is 68.5. The third-order valence-electron chi connectivity index (χ3n) is 18.0. The molecule has 0 radical (unpaired) electrons. The van der Waals surface area contributed by atoms with E-state index in [9.17, 15) is 43.2 Å². The van der Waals surface area contributed by atoms with Crippen molar-refractivity contribution in [2.45, 2.75) is 407 Å². The average Bonchev–Trinajstić information content (AvgIpc) is 1.66. The Labute approximate surface area is 581 Å². The molecule has 0 aromatic rings. The number of rotatable bonds is 74. The zero-order valence-corrected chi connectivity index (χ0v) is 63.9. The zero-order valence-electron chi connectivity index (χ0n) is 62.1. The molecule has 0 aromatic carbocycles. The highest BCUT2D eigenvalue weighted by Gasteiger charge is 2.30. The standard InChI is InChI=1S/C76H148O17P2/c1-8-10-11-12-13-14-15-18-24-30-37-45-52-59-75(80)93-72(64-87-74(79)58-51-44-39-32-34-41-48-55-68(5)6)66-91-95(84,85)89-62-70(77)61-88-94(82,83)90-65-71(63-86-73(78)57-50-43-36-29-26-21-22-27-33-40-47-54-67(3)4)92-76(81)60-53-46-38-31-25-20-17-16-19-23-28-35-42-49-56-69(7)9-2/h67-72,77H,8-66H2,1-7H3,(H,82,83)(H,84,85)/t69?,70-,71-,72-/m1/s1. The quantitative estimate of drug-likeness (QED) is 0.0222. The molecule has 17 nitrogen and oxygen atoms in total. The average molecular weight is 1400 g/mol. The van der Waals surface area contributed by atoms with Crippen molar-refractivity contribution in [1.82, 2.24) is 0 Å². The third-order valence-corrected chi connectivity index (χ3v) is 19.9. The number of carbonyl (C=O) groups excluding carboxylic acids is 4. The van der Waals surface area contributed by atoms with Crippen molar-refractivity contribution >= 4 is 39.5 Å². The fraction of sp³-hybridized carbons (Fsp3) is 0.947. The van der Waals surface area contributed by atoms with Gasteiger partial charge in [-0.25, -0.2) is 9.13 Å². The molecule has 0 aliphatic rings. The maximum absolute atomic E-state index is 13.1. The number of esters is 4. The van der Waals surface area contributed by atoms with Gasteiger partial charge in [-0.3, -0.25) is 37.3 Å². The number of hydrogen-bond donors (Lipinski definition) is 3. The van der Waals surface area contributed by atoms with Crippen LogP contribution in [0.4, 0.5) is 0 Å². The van der Waals surface area contributed by atoms with Crippen LogP contribution in [0.3, 0.4) is 0 Å². The van der Waals surface area contributed by atoms with E-state index in [1.807, 2.05) is 0 Å². The van der Waals surface area contributed by atoms with E-state index in [0.717, 1.165) is 108 Å². The molecule has 0 saturated carbocycles. The van der Waals surface area contributed by atoms with Crippen molar-refractivity contribution in [2.24, 2.45) is 17.8 Å². The van der Waals surface area contributed by atoms with E-state index in [1.54, 1.807) is 0 Å². The van der Waals surface area contributed by atoms with Crippen molar-refractivity contribution in [3.05, 3.63) is 0 Å². The molecule has 0 rings (SSSR count). The van der Waals surface area contributed by atoms with Crippen LogP contribution in [0.5, 0.6) is 0 Å². The second kappa shape index (κ2) is 66.6. The van der Waals surface area contributed by atoms with Gasteiger partial charge in [-0.2, -0.15) is 0 Å². The van der Waals surface area contributed by atoms with Gasteiger partial charge in [0, 0.05) is 25.7 Å². The van der Waals surface area contributed by atoms with Crippen molar-refractivity contribution in [1.29, 1.82) is 0 Å². The van der Waals surface area contributed by atoms with Crippen LogP contribution in [-0.2, 0) is 65.4 Å². The first-order valence-corrected chi connectivity index (χ1v) is 42.4. The summed E-state index contributed by atoms with van der Waals surface area (Å²) in [5, 5.41) is 10.6. The molecule has 0 heterocycles. The summed E-state index contributed by atoms with van der Waals surface area (Å²) in [7, 11) is -9.91. The second-order valence-corrected chi connectivity index (χ2v) is 31.5. The Morgan fingerprint density at radius 2 is 0.537 bits per heavy atom. The first-order valence-electron chi connectivity index (χ1n) is 39.4. The number of ether oxygens (including phenoxy) is 4. The summed E-state index contributed by atoms with van der Waals surface area (Å²) in [4.78, 5) is 72.8. The van der Waals surface area contributed by atoms with Gasteiger partial charge in [-0.1, -0.05) is 337 Å². The molecule has 0 fully saturated rings. The van der Waals surface area contributed by atoms with Crippen LogP contribution in [0.1, 0.15) is 389 Å². The zero-order chi connectivity index (χ0) is 70.1. The lowest BCUT2D eigenvalue weighted by Gasteiger charge is -2.21. The Balaban J connectivity index is 5.25. The lowest BCUT2D eigenvalue weighted by atomic mass is 9.99. The molecule has 0 aliphatic carbocycles. The normalized spacial score (nSPS) is 14.4.